The largest absolute Gasteiger partial charge is 0.497 e. The van der Waals surface area contributed by atoms with E-state index in [1.807, 2.05) is 24.3 Å². The number of hydrogen-bond donors (Lipinski definition) is 0. The molecule has 2 atom stereocenters. The van der Waals surface area contributed by atoms with Gasteiger partial charge < -0.3 is 4.74 Å². The van der Waals surface area contributed by atoms with Crippen LogP contribution in [-0.2, 0) is 0 Å². The smallest absolute Gasteiger partial charge is 0.118 e. The second-order valence-corrected chi connectivity index (χ2v) is 4.96. The van der Waals surface area contributed by atoms with E-state index in [4.69, 9.17) is 10.00 Å². The predicted molar refractivity (Wildman–Crippen MR) is 74.3 cm³/mol. The quantitative estimate of drug-likeness (QED) is 0.828. The average Bonchev–Trinajstić information content (AvgIpc) is 3.28. The summed E-state index contributed by atoms with van der Waals surface area (Å²) in [6, 6.07) is 18.4. The van der Waals surface area contributed by atoms with Crippen LogP contribution in [0.5, 0.6) is 5.75 Å². The number of nitrogens with zero attached hydrogens (tertiary/aromatic N) is 1. The molecule has 0 amide bonds. The summed E-state index contributed by atoms with van der Waals surface area (Å²) in [4.78, 5) is 0. The Morgan fingerprint density at radius 1 is 0.947 bits per heavy atom. The second-order valence-electron chi connectivity index (χ2n) is 4.96. The lowest BCUT2D eigenvalue weighted by Crippen LogP contribution is -1.86. The van der Waals surface area contributed by atoms with Crippen LogP contribution in [0, 0.1) is 11.3 Å². The Morgan fingerprint density at radius 3 is 1.95 bits per heavy atom. The molecule has 3 rings (SSSR count). The summed E-state index contributed by atoms with van der Waals surface area (Å²) in [5.41, 5.74) is 3.43. The van der Waals surface area contributed by atoms with E-state index < -0.39 is 0 Å². The van der Waals surface area contributed by atoms with Crippen molar-refractivity contribution in [2.75, 3.05) is 7.11 Å². The third-order valence-corrected chi connectivity index (χ3v) is 3.80. The molecule has 0 aromatic heterocycles. The summed E-state index contributed by atoms with van der Waals surface area (Å²) >= 11 is 0. The Hall–Kier alpha value is -2.27. The van der Waals surface area contributed by atoms with E-state index in [-0.39, 0.29) is 0 Å². The third kappa shape index (κ3) is 2.32. The van der Waals surface area contributed by atoms with E-state index in [1.165, 1.54) is 17.5 Å². The summed E-state index contributed by atoms with van der Waals surface area (Å²) in [5, 5.41) is 8.80. The van der Waals surface area contributed by atoms with Gasteiger partial charge in [0, 0.05) is 0 Å². The van der Waals surface area contributed by atoms with Gasteiger partial charge in [0.1, 0.15) is 5.75 Å². The highest BCUT2D eigenvalue weighted by Crippen LogP contribution is 2.54. The standard InChI is InChI=1S/C17H15NO/c1-19-15-8-6-14(7-9-15)17-10-16(17)13-4-2-12(11-18)3-5-13/h2-9,16-17H,10H2,1H3. The van der Waals surface area contributed by atoms with Gasteiger partial charge in [-0.15, -0.1) is 0 Å². The van der Waals surface area contributed by atoms with Crippen LogP contribution in [0.3, 0.4) is 0 Å². The SMILES string of the molecule is COc1ccc(C2CC2c2ccc(C#N)cc2)cc1. The number of hydrogen-bond acceptors (Lipinski definition) is 2. The molecule has 2 unspecified atom stereocenters. The van der Waals surface area contributed by atoms with Crippen LogP contribution in [0.1, 0.15) is 34.9 Å². The maximum atomic E-state index is 8.80. The Balaban J connectivity index is 1.74. The van der Waals surface area contributed by atoms with E-state index in [0.29, 0.717) is 11.8 Å². The molecular weight excluding hydrogens is 234 g/mol. The maximum Gasteiger partial charge on any atom is 0.118 e. The van der Waals surface area contributed by atoms with Crippen molar-refractivity contribution in [3.63, 3.8) is 0 Å². The number of methoxy groups -OCH3 is 1. The Bertz CT molecular complexity index is 607. The zero-order chi connectivity index (χ0) is 13.2. The molecule has 0 spiro atoms. The zero-order valence-electron chi connectivity index (χ0n) is 10.8. The first-order valence-corrected chi connectivity index (χ1v) is 6.46. The topological polar surface area (TPSA) is 33.0 Å². The van der Waals surface area contributed by atoms with Crippen molar-refractivity contribution in [1.82, 2.24) is 0 Å². The molecule has 94 valence electrons. The Morgan fingerprint density at radius 2 is 1.47 bits per heavy atom. The highest BCUT2D eigenvalue weighted by molar-refractivity contribution is 5.41. The Kier molecular flexibility index (Phi) is 2.97. The van der Waals surface area contributed by atoms with Gasteiger partial charge in [0.05, 0.1) is 18.7 Å². The molecule has 2 aromatic carbocycles. The second kappa shape index (κ2) is 4.78. The van der Waals surface area contributed by atoms with Crippen molar-refractivity contribution in [2.45, 2.75) is 18.3 Å². The molecule has 0 bridgehead atoms. The maximum absolute atomic E-state index is 8.80. The fourth-order valence-electron chi connectivity index (χ4n) is 2.59. The number of ether oxygens (including phenoxy) is 1. The van der Waals surface area contributed by atoms with E-state index >= 15 is 0 Å². The zero-order valence-corrected chi connectivity index (χ0v) is 10.8. The average molecular weight is 249 g/mol. The molecule has 1 fully saturated rings. The highest BCUT2D eigenvalue weighted by atomic mass is 16.5. The van der Waals surface area contributed by atoms with Crippen molar-refractivity contribution in [3.05, 3.63) is 65.2 Å². The van der Waals surface area contributed by atoms with Crippen molar-refractivity contribution < 1.29 is 4.74 Å². The summed E-state index contributed by atoms with van der Waals surface area (Å²) in [5.74, 6) is 2.11. The summed E-state index contributed by atoms with van der Waals surface area (Å²) in [6.45, 7) is 0. The van der Waals surface area contributed by atoms with E-state index in [1.54, 1.807) is 7.11 Å². The van der Waals surface area contributed by atoms with Crippen LogP contribution in [0.2, 0.25) is 0 Å². The van der Waals surface area contributed by atoms with Crippen molar-refractivity contribution in [1.29, 1.82) is 5.26 Å². The number of benzene rings is 2. The summed E-state index contributed by atoms with van der Waals surface area (Å²) in [7, 11) is 1.69. The molecule has 0 radical (unpaired) electrons. The first-order chi connectivity index (χ1) is 9.31. The van der Waals surface area contributed by atoms with Gasteiger partial charge >= 0.3 is 0 Å². The van der Waals surface area contributed by atoms with Gasteiger partial charge in [-0.1, -0.05) is 24.3 Å². The molecule has 0 saturated heterocycles. The minimum Gasteiger partial charge on any atom is -0.497 e. The lowest BCUT2D eigenvalue weighted by Gasteiger charge is -2.03. The van der Waals surface area contributed by atoms with Gasteiger partial charge in [-0.25, -0.2) is 0 Å². The van der Waals surface area contributed by atoms with Gasteiger partial charge in [0.25, 0.3) is 0 Å². The van der Waals surface area contributed by atoms with Crippen LogP contribution in [0.4, 0.5) is 0 Å². The first kappa shape index (κ1) is 11.8. The van der Waals surface area contributed by atoms with E-state index in [9.17, 15) is 0 Å². The fourth-order valence-corrected chi connectivity index (χ4v) is 2.59. The lowest BCUT2D eigenvalue weighted by molar-refractivity contribution is 0.414. The molecule has 0 aliphatic heterocycles. The van der Waals surface area contributed by atoms with Crippen LogP contribution < -0.4 is 4.74 Å². The van der Waals surface area contributed by atoms with E-state index in [0.717, 1.165) is 11.3 Å². The van der Waals surface area contributed by atoms with Crippen LogP contribution in [-0.4, -0.2) is 7.11 Å². The molecule has 0 N–H and O–H groups in total. The van der Waals surface area contributed by atoms with Crippen molar-refractivity contribution >= 4 is 0 Å². The van der Waals surface area contributed by atoms with Gasteiger partial charge in [-0.2, -0.15) is 5.26 Å². The molecule has 19 heavy (non-hydrogen) atoms. The molecule has 2 heteroatoms. The minimum absolute atomic E-state index is 0.598. The molecule has 1 aliphatic rings. The monoisotopic (exact) mass is 249 g/mol. The van der Waals surface area contributed by atoms with Gasteiger partial charge in [0.2, 0.25) is 0 Å². The molecule has 0 heterocycles. The minimum atomic E-state index is 0.598. The summed E-state index contributed by atoms with van der Waals surface area (Å²) in [6.07, 6.45) is 1.19. The number of rotatable bonds is 3. The highest BCUT2D eigenvalue weighted by Gasteiger charge is 2.39. The van der Waals surface area contributed by atoms with Gasteiger partial charge in [-0.3, -0.25) is 0 Å². The molecule has 2 nitrogen and oxygen atoms in total. The van der Waals surface area contributed by atoms with Crippen LogP contribution in [0.25, 0.3) is 0 Å². The molecular formula is C17H15NO. The summed E-state index contributed by atoms with van der Waals surface area (Å²) < 4.78 is 5.18. The van der Waals surface area contributed by atoms with Crippen LogP contribution >= 0.6 is 0 Å². The normalized spacial score (nSPS) is 20.6. The molecule has 1 aliphatic carbocycles. The van der Waals surface area contributed by atoms with E-state index in [2.05, 4.69) is 30.3 Å². The molecule has 1 saturated carbocycles. The third-order valence-electron chi connectivity index (χ3n) is 3.80. The fraction of sp³-hybridized carbons (Fsp3) is 0.235. The Labute approximate surface area is 113 Å². The van der Waals surface area contributed by atoms with Crippen LogP contribution in [0.15, 0.2) is 48.5 Å². The number of nitriles is 1. The predicted octanol–water partition coefficient (Wildman–Crippen LogP) is 3.84. The van der Waals surface area contributed by atoms with Crippen molar-refractivity contribution in [3.8, 4) is 11.8 Å². The van der Waals surface area contributed by atoms with Crippen molar-refractivity contribution in [2.24, 2.45) is 0 Å². The van der Waals surface area contributed by atoms with Gasteiger partial charge in [0.15, 0.2) is 0 Å². The molecule has 2 aromatic rings. The first-order valence-electron chi connectivity index (χ1n) is 6.46. The van der Waals surface area contributed by atoms with Gasteiger partial charge in [-0.05, 0) is 53.6 Å². The lowest BCUT2D eigenvalue weighted by atomic mass is 10.0.